The molecular weight excluding hydrogens is 733 g/mol. The zero-order chi connectivity index (χ0) is 43.6. The van der Waals surface area contributed by atoms with Crippen LogP contribution >= 0.6 is 0 Å². The summed E-state index contributed by atoms with van der Waals surface area (Å²) in [5, 5.41) is 0. The quantitative estimate of drug-likeness (QED) is 0.134. The second-order valence-corrected chi connectivity index (χ2v) is 15.0. The minimum atomic E-state index is 0.907. The van der Waals surface area contributed by atoms with Gasteiger partial charge < -0.3 is 0 Å². The van der Waals surface area contributed by atoms with Gasteiger partial charge in [0.2, 0.25) is 0 Å². The van der Waals surface area contributed by atoms with E-state index < -0.39 is 0 Å². The highest BCUT2D eigenvalue weighted by Crippen LogP contribution is 2.40. The highest BCUT2D eigenvalue weighted by Gasteiger charge is 2.21. The maximum Gasteiger partial charge on any atom is -0.00109 e. The smallest absolute Gasteiger partial charge is 0.00109 e. The molecule has 0 N–H and O–H groups in total. The average Bonchev–Trinajstić information content (AvgIpc) is 3.60. The minimum Gasteiger partial charge on any atom is -0.0991 e. The van der Waals surface area contributed by atoms with Crippen LogP contribution in [0.3, 0.4) is 0 Å². The van der Waals surface area contributed by atoms with Gasteiger partial charge >= 0.3 is 0 Å². The zero-order valence-electron chi connectivity index (χ0n) is 37.0. The Kier molecular flexibility index (Phi) is 17.0. The molecule has 7 aromatic rings. The Labute approximate surface area is 367 Å². The number of hydrogen-bond donors (Lipinski definition) is 0. The van der Waals surface area contributed by atoms with Crippen LogP contribution in [0.5, 0.6) is 0 Å². The fourth-order valence-electron chi connectivity index (χ4n) is 7.09. The van der Waals surface area contributed by atoms with Crippen LogP contribution in [0.15, 0.2) is 248 Å². The molecule has 0 aliphatic heterocycles. The molecule has 0 heteroatoms. The molecular formula is C61H60. The first-order chi connectivity index (χ1) is 29.7. The second kappa shape index (κ2) is 22.9. The van der Waals surface area contributed by atoms with Gasteiger partial charge in [0.05, 0.1) is 0 Å². The molecule has 304 valence electrons. The van der Waals surface area contributed by atoms with E-state index in [4.69, 9.17) is 0 Å². The summed E-state index contributed by atoms with van der Waals surface area (Å²) in [6.07, 6.45) is 8.76. The van der Waals surface area contributed by atoms with E-state index in [0.29, 0.717) is 0 Å². The summed E-state index contributed by atoms with van der Waals surface area (Å²) in [7, 11) is 0. The lowest BCUT2D eigenvalue weighted by Gasteiger charge is -2.10. The Hall–Kier alpha value is -7.02. The standard InChI is InChI=1S/C21H22.2C19H16.C2H6/c1-6-8-9-19-14-21(17(5)16(19)4)20(7-2)18-12-10-15(3)11-13-18;2*1-15-7-9-17(10-8-15)19-13-11-18(12-14-19)16-5-3-2-4-6-16;1-2/h6-13H,1-2,5,14H2,3-4H3;2*2-14H,1H3;1-2H3/b9-8-,21-20+;;;. The molecule has 0 aromatic heterocycles. The van der Waals surface area contributed by atoms with Crippen molar-refractivity contribution in [1.29, 1.82) is 0 Å². The van der Waals surface area contributed by atoms with Gasteiger partial charge in [0.25, 0.3) is 0 Å². The largest absolute Gasteiger partial charge is 0.0991 e. The Morgan fingerprint density at radius 1 is 0.426 bits per heavy atom. The van der Waals surface area contributed by atoms with Crippen molar-refractivity contribution < 1.29 is 0 Å². The molecule has 0 saturated carbocycles. The molecule has 0 amide bonds. The van der Waals surface area contributed by atoms with Gasteiger partial charge in [0.1, 0.15) is 0 Å². The van der Waals surface area contributed by atoms with Gasteiger partial charge in [-0.1, -0.05) is 257 Å². The van der Waals surface area contributed by atoms with E-state index in [-0.39, 0.29) is 0 Å². The zero-order valence-corrected chi connectivity index (χ0v) is 37.0. The van der Waals surface area contributed by atoms with E-state index in [1.54, 1.807) is 6.08 Å². The molecule has 7 aromatic carbocycles. The Morgan fingerprint density at radius 3 is 1.07 bits per heavy atom. The predicted octanol–water partition coefficient (Wildman–Crippen LogP) is 17.6. The first kappa shape index (κ1) is 45.1. The van der Waals surface area contributed by atoms with E-state index in [0.717, 1.165) is 12.0 Å². The van der Waals surface area contributed by atoms with Crippen LogP contribution in [-0.4, -0.2) is 0 Å². The van der Waals surface area contributed by atoms with Crippen LogP contribution in [0, 0.1) is 20.8 Å². The van der Waals surface area contributed by atoms with Gasteiger partial charge in [0.15, 0.2) is 0 Å². The van der Waals surface area contributed by atoms with Gasteiger partial charge in [-0.25, -0.2) is 0 Å². The van der Waals surface area contributed by atoms with E-state index >= 15 is 0 Å². The van der Waals surface area contributed by atoms with Gasteiger partial charge in [-0.05, 0) is 112 Å². The third-order valence-corrected chi connectivity index (χ3v) is 10.7. The van der Waals surface area contributed by atoms with Gasteiger partial charge in [-0.3, -0.25) is 0 Å². The van der Waals surface area contributed by atoms with Crippen molar-refractivity contribution in [1.82, 2.24) is 0 Å². The number of aryl methyl sites for hydroxylation is 3. The molecule has 0 atom stereocenters. The first-order valence-corrected chi connectivity index (χ1v) is 21.3. The molecule has 0 spiro atoms. The first-order valence-electron chi connectivity index (χ1n) is 21.3. The summed E-state index contributed by atoms with van der Waals surface area (Å²) < 4.78 is 0. The maximum absolute atomic E-state index is 4.26. The third-order valence-electron chi connectivity index (χ3n) is 10.7. The van der Waals surface area contributed by atoms with Gasteiger partial charge in [-0.15, -0.1) is 0 Å². The molecule has 0 bridgehead atoms. The molecule has 0 fully saturated rings. The summed E-state index contributed by atoms with van der Waals surface area (Å²) in [5.74, 6) is 0. The van der Waals surface area contributed by atoms with E-state index in [2.05, 4.69) is 223 Å². The highest BCUT2D eigenvalue weighted by atomic mass is 14.2. The van der Waals surface area contributed by atoms with Gasteiger partial charge in [0, 0.05) is 0 Å². The minimum absolute atomic E-state index is 0.907. The van der Waals surface area contributed by atoms with Crippen LogP contribution in [0.4, 0.5) is 0 Å². The van der Waals surface area contributed by atoms with Gasteiger partial charge in [-0.2, -0.15) is 0 Å². The summed E-state index contributed by atoms with van der Waals surface area (Å²) >= 11 is 0. The monoisotopic (exact) mass is 792 g/mol. The van der Waals surface area contributed by atoms with Crippen molar-refractivity contribution in [3.05, 3.63) is 271 Å². The molecule has 1 aliphatic rings. The fourth-order valence-corrected chi connectivity index (χ4v) is 7.09. The lowest BCUT2D eigenvalue weighted by molar-refractivity contribution is 1.25. The van der Waals surface area contributed by atoms with E-state index in [1.807, 2.05) is 38.1 Å². The normalized spacial score (nSPS) is 12.6. The number of allylic oxidation sites excluding steroid dienone is 9. The third kappa shape index (κ3) is 12.5. The lowest BCUT2D eigenvalue weighted by Crippen LogP contribution is -1.90. The lowest BCUT2D eigenvalue weighted by atomic mass is 9.94. The van der Waals surface area contributed by atoms with Crippen molar-refractivity contribution in [2.24, 2.45) is 0 Å². The molecule has 61 heavy (non-hydrogen) atoms. The molecule has 1 aliphatic carbocycles. The van der Waals surface area contributed by atoms with Crippen LogP contribution < -0.4 is 0 Å². The van der Waals surface area contributed by atoms with Crippen molar-refractivity contribution >= 4 is 5.57 Å². The Morgan fingerprint density at radius 2 is 0.738 bits per heavy atom. The highest BCUT2D eigenvalue weighted by molar-refractivity contribution is 5.83. The van der Waals surface area contributed by atoms with Crippen molar-refractivity contribution in [3.8, 4) is 44.5 Å². The van der Waals surface area contributed by atoms with Crippen LogP contribution in [-0.2, 0) is 0 Å². The van der Waals surface area contributed by atoms with Crippen molar-refractivity contribution in [3.63, 3.8) is 0 Å². The predicted molar refractivity (Wildman–Crippen MR) is 270 cm³/mol. The average molecular weight is 793 g/mol. The van der Waals surface area contributed by atoms with E-state index in [1.165, 1.54) is 89.1 Å². The fraction of sp³-hybridized carbons (Fsp3) is 0.115. The SMILES string of the molecule is C=C/C=C\C1=C(C)C(=C)/C(=C(\C=C)c2ccc(C)cc2)C1.CC.Cc1ccc(-c2ccc(-c3ccccc3)cc2)cc1.Cc1ccc(-c2ccc(-c3ccccc3)cc2)cc1. The number of hydrogen-bond acceptors (Lipinski definition) is 0. The topological polar surface area (TPSA) is 0 Å². The molecule has 0 nitrogen and oxygen atoms in total. The summed E-state index contributed by atoms with van der Waals surface area (Å²) in [5.41, 5.74) is 21.3. The summed E-state index contributed by atoms with van der Waals surface area (Å²) in [6.45, 7) is 24.5. The number of benzene rings is 7. The van der Waals surface area contributed by atoms with Crippen LogP contribution in [0.25, 0.3) is 50.1 Å². The Bertz CT molecular complexity index is 2430. The second-order valence-electron chi connectivity index (χ2n) is 15.0. The van der Waals surface area contributed by atoms with E-state index in [9.17, 15) is 0 Å². The number of rotatable bonds is 8. The maximum atomic E-state index is 4.26. The molecule has 0 saturated heterocycles. The molecule has 0 radical (unpaired) electrons. The van der Waals surface area contributed by atoms with Crippen molar-refractivity contribution in [2.75, 3.05) is 0 Å². The molecule has 0 unspecified atom stereocenters. The Balaban J connectivity index is 0.000000170. The molecule has 8 rings (SSSR count). The summed E-state index contributed by atoms with van der Waals surface area (Å²) in [6, 6.07) is 64.3. The van der Waals surface area contributed by atoms with Crippen LogP contribution in [0.1, 0.15) is 49.4 Å². The van der Waals surface area contributed by atoms with Crippen molar-refractivity contribution in [2.45, 2.75) is 48.0 Å². The van der Waals surface area contributed by atoms with Crippen LogP contribution in [0.2, 0.25) is 0 Å². The molecule has 0 heterocycles. The summed E-state index contributed by atoms with van der Waals surface area (Å²) in [4.78, 5) is 0.